The van der Waals surface area contributed by atoms with E-state index in [4.69, 9.17) is 15.9 Å². The Balaban J connectivity index is 1.66. The molecule has 3 rings (SSSR count). The first-order valence-corrected chi connectivity index (χ1v) is 11.6. The monoisotopic (exact) mass is 495 g/mol. The number of likely N-dealkylation sites (tertiary alicyclic amines) is 1. The van der Waals surface area contributed by atoms with E-state index in [0.29, 0.717) is 42.8 Å². The van der Waals surface area contributed by atoms with Crippen LogP contribution in [-0.2, 0) is 6.61 Å². The minimum absolute atomic E-state index is 0.0443. The summed E-state index contributed by atoms with van der Waals surface area (Å²) < 4.78 is 5.91. The quantitative estimate of drug-likeness (QED) is 0.160. The summed E-state index contributed by atoms with van der Waals surface area (Å²) in [5.74, 6) is 6.33. The molecule has 1 fully saturated rings. The highest BCUT2D eigenvalue weighted by atomic mass is 16.7. The number of ether oxygens (including phenoxy) is 1. The van der Waals surface area contributed by atoms with Crippen molar-refractivity contribution in [2.75, 3.05) is 18.8 Å². The maximum Gasteiger partial charge on any atom is 0.345 e. The zero-order valence-corrected chi connectivity index (χ0v) is 20.4. The van der Waals surface area contributed by atoms with Crippen LogP contribution < -0.4 is 15.8 Å². The van der Waals surface area contributed by atoms with E-state index < -0.39 is 11.7 Å². The van der Waals surface area contributed by atoms with Crippen LogP contribution in [0, 0.1) is 17.3 Å². The zero-order valence-electron chi connectivity index (χ0n) is 20.4. The average molecular weight is 496 g/mol. The topological polar surface area (TPSA) is 168 Å². The molecule has 0 saturated carbocycles. The molecule has 1 aliphatic rings. The van der Waals surface area contributed by atoms with E-state index in [1.165, 1.54) is 11.1 Å². The van der Waals surface area contributed by atoms with Crippen molar-refractivity contribution in [1.29, 1.82) is 5.41 Å². The van der Waals surface area contributed by atoms with Crippen molar-refractivity contribution in [2.45, 2.75) is 51.0 Å². The molecule has 1 saturated heterocycles. The number of aromatic nitrogens is 1. The van der Waals surface area contributed by atoms with Gasteiger partial charge in [0.15, 0.2) is 11.6 Å². The maximum absolute atomic E-state index is 9.80. The minimum atomic E-state index is -2.81. The van der Waals surface area contributed by atoms with E-state index >= 15 is 0 Å². The molecule has 2 aromatic rings. The summed E-state index contributed by atoms with van der Waals surface area (Å²) >= 11 is 0. The second-order valence-corrected chi connectivity index (χ2v) is 9.18. The third-order valence-corrected chi connectivity index (χ3v) is 5.60. The van der Waals surface area contributed by atoms with E-state index in [9.17, 15) is 20.4 Å². The highest BCUT2D eigenvalue weighted by Crippen LogP contribution is 2.25. The summed E-state index contributed by atoms with van der Waals surface area (Å²) in [4.78, 5) is 5.38. The number of allylic oxidation sites excluding steroid dienone is 1. The summed E-state index contributed by atoms with van der Waals surface area (Å²) in [6.07, 6.45) is 2.83. The van der Waals surface area contributed by atoms with E-state index in [-0.39, 0.29) is 18.5 Å². The molecule has 2 heterocycles. The van der Waals surface area contributed by atoms with Gasteiger partial charge in [0.2, 0.25) is 0 Å². The van der Waals surface area contributed by atoms with Gasteiger partial charge < -0.3 is 41.6 Å². The number of hydrogen-bond donors (Lipinski definition) is 7. The number of anilines is 1. The number of aliphatic hydroxyl groups is 4. The number of rotatable bonds is 8. The predicted octanol–water partition coefficient (Wildman–Crippen LogP) is 0.998. The lowest BCUT2D eigenvalue weighted by molar-refractivity contribution is -0.395. The number of nitrogens with zero attached hydrogens (tertiary/aromatic N) is 2. The van der Waals surface area contributed by atoms with Crippen molar-refractivity contribution < 1.29 is 25.2 Å². The van der Waals surface area contributed by atoms with E-state index in [2.05, 4.69) is 22.1 Å². The van der Waals surface area contributed by atoms with Gasteiger partial charge in [-0.1, -0.05) is 24.0 Å². The molecule has 0 radical (unpaired) electrons. The van der Waals surface area contributed by atoms with Gasteiger partial charge in [-0.2, -0.15) is 0 Å². The Morgan fingerprint density at radius 1 is 1.25 bits per heavy atom. The van der Waals surface area contributed by atoms with Crippen molar-refractivity contribution in [3.63, 3.8) is 0 Å². The number of pyridine rings is 1. The van der Waals surface area contributed by atoms with Gasteiger partial charge in [0.25, 0.3) is 0 Å². The van der Waals surface area contributed by atoms with Gasteiger partial charge in [0.1, 0.15) is 12.2 Å². The fraction of sp³-hybridized carbons (Fsp3) is 0.385. The first-order valence-electron chi connectivity index (χ1n) is 11.6. The zero-order chi connectivity index (χ0) is 26.3. The Morgan fingerprint density at radius 3 is 2.61 bits per heavy atom. The lowest BCUT2D eigenvalue weighted by Crippen LogP contribution is -2.54. The molecular weight excluding hydrogens is 462 g/mol. The molecule has 1 aromatic heterocycles. The Bertz CT molecular complexity index is 1150. The second-order valence-electron chi connectivity index (χ2n) is 9.18. The van der Waals surface area contributed by atoms with Crippen LogP contribution in [0.1, 0.15) is 43.4 Å². The number of hydrogen-bond acceptors (Lipinski definition) is 10. The number of nitrogens with two attached hydrogens (primary N) is 1. The summed E-state index contributed by atoms with van der Waals surface area (Å²) in [5, 5.41) is 48.8. The Hall–Kier alpha value is -3.46. The van der Waals surface area contributed by atoms with Crippen molar-refractivity contribution in [1.82, 2.24) is 15.2 Å². The van der Waals surface area contributed by atoms with Crippen LogP contribution >= 0.6 is 0 Å². The van der Waals surface area contributed by atoms with Crippen LogP contribution in [0.5, 0.6) is 5.75 Å². The number of nitrogen functional groups attached to an aromatic ring is 1. The van der Waals surface area contributed by atoms with Crippen molar-refractivity contribution in [3.05, 3.63) is 59.4 Å². The lowest BCUT2D eigenvalue weighted by Gasteiger charge is -2.36. The first-order chi connectivity index (χ1) is 16.9. The molecule has 0 aliphatic carbocycles. The normalized spacial score (nSPS) is 15.7. The van der Waals surface area contributed by atoms with Crippen molar-refractivity contribution >= 4 is 17.6 Å². The molecule has 0 spiro atoms. The highest BCUT2D eigenvalue weighted by molar-refractivity contribution is 6.08. The molecule has 36 heavy (non-hydrogen) atoms. The van der Waals surface area contributed by atoms with Gasteiger partial charge in [-0.25, -0.2) is 9.88 Å². The van der Waals surface area contributed by atoms with Gasteiger partial charge in [0.05, 0.1) is 0 Å². The highest BCUT2D eigenvalue weighted by Gasteiger charge is 2.32. The van der Waals surface area contributed by atoms with E-state index in [1.54, 1.807) is 32.3 Å². The summed E-state index contributed by atoms with van der Waals surface area (Å²) in [6, 6.07) is 9.25. The molecule has 0 bridgehead atoms. The number of benzene rings is 1. The van der Waals surface area contributed by atoms with Crippen LogP contribution in [0.25, 0.3) is 5.57 Å². The Morgan fingerprint density at radius 2 is 1.97 bits per heavy atom. The fourth-order valence-corrected chi connectivity index (χ4v) is 3.62. The summed E-state index contributed by atoms with van der Waals surface area (Å²) in [7, 11) is 0. The average Bonchev–Trinajstić information content (AvgIpc) is 2.83. The number of nitrogens with one attached hydrogen (secondary N) is 2. The fourth-order valence-electron chi connectivity index (χ4n) is 3.62. The second kappa shape index (κ2) is 11.5. The van der Waals surface area contributed by atoms with Gasteiger partial charge in [-0.15, -0.1) is 0 Å². The molecule has 10 heteroatoms. The maximum atomic E-state index is 9.80. The standard InChI is InChI=1S/C26H33N5O5/c1-25(2,32)9-6-18-4-3-5-19(12-18)17-36-23-13-20(15-30-24(23)28)21(14-27)16-29-22-7-10-31(11-8-22)26(33,34)35/h3-5,12-16,22,27,29,32-35H,7-8,10-11,17H2,1-2H3,(H2,28,30)/b21-16+,27-14?. The van der Waals surface area contributed by atoms with Crippen LogP contribution in [0.15, 0.2) is 42.7 Å². The van der Waals surface area contributed by atoms with Crippen LogP contribution in [0.3, 0.4) is 0 Å². The Kier molecular flexibility index (Phi) is 8.68. The molecule has 192 valence electrons. The van der Waals surface area contributed by atoms with Crippen LogP contribution in [-0.4, -0.2) is 67.4 Å². The van der Waals surface area contributed by atoms with Crippen molar-refractivity contribution in [2.24, 2.45) is 0 Å². The molecule has 1 aliphatic heterocycles. The first kappa shape index (κ1) is 27.1. The van der Waals surface area contributed by atoms with E-state index in [1.807, 2.05) is 24.3 Å². The smallest absolute Gasteiger partial charge is 0.345 e. The SMILES string of the molecule is CC(C)(O)C#Cc1cccc(COc2cc(/C(C=N)=C/NC3CCN(C(O)(O)O)CC3)cnc2N)c1. The minimum Gasteiger partial charge on any atom is -0.485 e. The molecular formula is C26H33N5O5. The molecule has 1 aromatic carbocycles. The molecule has 10 nitrogen and oxygen atoms in total. The van der Waals surface area contributed by atoms with Crippen molar-refractivity contribution in [3.8, 4) is 17.6 Å². The molecule has 0 amide bonds. The largest absolute Gasteiger partial charge is 0.485 e. The molecule has 0 unspecified atom stereocenters. The van der Waals surface area contributed by atoms with Gasteiger partial charge in [-0.3, -0.25) is 0 Å². The third kappa shape index (κ3) is 8.05. The van der Waals surface area contributed by atoms with Gasteiger partial charge in [-0.05, 0) is 50.5 Å². The molecule has 0 atom stereocenters. The predicted molar refractivity (Wildman–Crippen MR) is 136 cm³/mol. The van der Waals surface area contributed by atoms with Gasteiger partial charge in [0, 0.05) is 54.4 Å². The summed E-state index contributed by atoms with van der Waals surface area (Å²) in [6.45, 7) is 4.09. The summed E-state index contributed by atoms with van der Waals surface area (Å²) in [5.41, 5.74) is 7.77. The number of piperidine rings is 1. The lowest BCUT2D eigenvalue weighted by atomic mass is 10.0. The Labute approximate surface area is 210 Å². The third-order valence-electron chi connectivity index (χ3n) is 5.60. The van der Waals surface area contributed by atoms with Gasteiger partial charge >= 0.3 is 6.10 Å². The van der Waals surface area contributed by atoms with E-state index in [0.717, 1.165) is 11.1 Å². The van der Waals surface area contributed by atoms with Crippen LogP contribution in [0.2, 0.25) is 0 Å². The van der Waals surface area contributed by atoms with Crippen LogP contribution in [0.4, 0.5) is 5.82 Å². The molecule has 8 N–H and O–H groups in total.